The van der Waals surface area contributed by atoms with Crippen LogP contribution in [-0.4, -0.2) is 104 Å². The zero-order valence-electron chi connectivity index (χ0n) is 45.8. The fourth-order valence-corrected chi connectivity index (χ4v) is 7.00. The molecule has 5 aromatic heterocycles. The summed E-state index contributed by atoms with van der Waals surface area (Å²) in [6.45, 7) is 0. The van der Waals surface area contributed by atoms with Gasteiger partial charge in [0.2, 0.25) is 0 Å². The van der Waals surface area contributed by atoms with Gasteiger partial charge in [-0.2, -0.15) is 13.2 Å². The van der Waals surface area contributed by atoms with Gasteiger partial charge in [-0.1, -0.05) is 0 Å². The van der Waals surface area contributed by atoms with Gasteiger partial charge in [0.1, 0.15) is 75.7 Å². The third kappa shape index (κ3) is 18.7. The first-order valence-corrected chi connectivity index (χ1v) is 24.9. The molecule has 30 heteroatoms. The number of imidazole rings is 5. The maximum Gasteiger partial charge on any atom is 0.432 e. The first-order valence-electron chi connectivity index (χ1n) is 24.9. The van der Waals surface area contributed by atoms with E-state index in [9.17, 15) is 63.5 Å². The molecule has 9 N–H and O–H groups in total. The van der Waals surface area contributed by atoms with Crippen LogP contribution < -0.4 is 11.7 Å². The minimum absolute atomic E-state index is 0.00863. The summed E-state index contributed by atoms with van der Waals surface area (Å²) in [7, 11) is 2.55. The van der Waals surface area contributed by atoms with Gasteiger partial charge >= 0.3 is 30.1 Å². The van der Waals surface area contributed by atoms with Gasteiger partial charge in [-0.15, -0.1) is 0 Å². The van der Waals surface area contributed by atoms with Crippen LogP contribution in [0.3, 0.4) is 0 Å². The first kappa shape index (κ1) is 66.0. The zero-order valence-corrected chi connectivity index (χ0v) is 45.8. The van der Waals surface area contributed by atoms with Crippen molar-refractivity contribution in [2.45, 2.75) is 6.18 Å². The molecule has 11 rings (SSSR count). The number of alkyl halides is 3. The topological polar surface area (TPSA) is 318 Å². The Morgan fingerprint density at radius 3 is 1.09 bits per heavy atom. The van der Waals surface area contributed by atoms with Crippen LogP contribution in [0.25, 0.3) is 56.9 Å². The minimum Gasteiger partial charge on any atom is -0.477 e. The fourth-order valence-electron chi connectivity index (χ4n) is 7.00. The minimum atomic E-state index is -4.45. The van der Waals surface area contributed by atoms with Gasteiger partial charge < -0.3 is 46.3 Å². The van der Waals surface area contributed by atoms with Crippen molar-refractivity contribution in [1.82, 2.24) is 49.2 Å². The molecule has 0 aliphatic rings. The zero-order chi connectivity index (χ0) is 65.0. The standard InChI is InChI=1S/C11H10FN3O2.C11H9FN2O2.C10H6F4N2.C10H8FN3O2.C10H7FN2O2.C7H5FO/c1-17-11(16)9-6-14-10(15(9)13)7-2-4-8(12)5-3-7;1-16-11(15)9-6-13-10(14-9)7-2-4-8(12)5-3-7;11-7-3-1-6(2-4-7)9-15-5-8(16-9)10(12,13)14;11-7-3-1-6(2-4-7)9-13-5-8(10(15)16)14(9)12;11-7-3-1-6(2-4-7)9-12-5-8(13-9)10(14)15;8-7-3-1-6(5-9)2-4-7/h2-6H,13H2,1H3;2-6H,1H3,(H,13,14);1-5H,(H,15,16);1-5H,12H2,(H,15,16);1-5H,(H,12,13)(H,14,15);1-5H. The molecule has 458 valence electrons. The normalized spacial score (nSPS) is 10.4. The van der Waals surface area contributed by atoms with Crippen LogP contribution >= 0.6 is 0 Å². The number of carbonyl (C=O) groups is 5. The predicted molar refractivity (Wildman–Crippen MR) is 301 cm³/mol. The Morgan fingerprint density at radius 2 is 0.764 bits per heavy atom. The highest BCUT2D eigenvalue weighted by molar-refractivity contribution is 5.89. The maximum absolute atomic E-state index is 12.8. The van der Waals surface area contributed by atoms with Crippen molar-refractivity contribution in [3.05, 3.63) is 246 Å². The molecule has 21 nitrogen and oxygen atoms in total. The first-order chi connectivity index (χ1) is 42.4. The lowest BCUT2D eigenvalue weighted by Crippen LogP contribution is -2.18. The number of aldehydes is 1. The van der Waals surface area contributed by atoms with Gasteiger partial charge in [-0.05, 0) is 146 Å². The molecule has 0 spiro atoms. The Morgan fingerprint density at radius 1 is 0.438 bits per heavy atom. The number of benzene rings is 6. The van der Waals surface area contributed by atoms with Crippen LogP contribution in [-0.2, 0) is 15.7 Å². The molecule has 5 heterocycles. The molecule has 0 saturated carbocycles. The summed E-state index contributed by atoms with van der Waals surface area (Å²) < 4.78 is 123. The lowest BCUT2D eigenvalue weighted by atomic mass is 10.2. The van der Waals surface area contributed by atoms with E-state index >= 15 is 0 Å². The van der Waals surface area contributed by atoms with E-state index in [-0.39, 0.29) is 63.5 Å². The Bertz CT molecular complexity index is 4130. The van der Waals surface area contributed by atoms with Gasteiger partial charge in [0.15, 0.2) is 23.0 Å². The number of methoxy groups -OCH3 is 2. The third-order valence-electron chi connectivity index (χ3n) is 11.4. The number of nitrogens with zero attached hydrogens (tertiary/aromatic N) is 7. The Hall–Kier alpha value is -12.1. The van der Waals surface area contributed by atoms with E-state index in [0.29, 0.717) is 63.3 Å². The number of carboxylic acids is 2. The number of nitrogens with two attached hydrogens (primary N) is 2. The lowest BCUT2D eigenvalue weighted by Gasteiger charge is -2.04. The molecule has 0 aliphatic carbocycles. The van der Waals surface area contributed by atoms with E-state index in [1.54, 1.807) is 12.1 Å². The number of nitrogen functional groups attached to an aromatic ring is 2. The molecule has 89 heavy (non-hydrogen) atoms. The molecular weight excluding hydrogens is 1190 g/mol. The summed E-state index contributed by atoms with van der Waals surface area (Å²) in [4.78, 5) is 80.6. The van der Waals surface area contributed by atoms with E-state index in [1.165, 1.54) is 154 Å². The number of carboxylic acid groups (broad SMARTS) is 2. The maximum atomic E-state index is 12.8. The molecular formula is C59H45F9N12O9. The van der Waals surface area contributed by atoms with Crippen molar-refractivity contribution < 1.29 is 83.2 Å². The molecule has 0 bridgehead atoms. The largest absolute Gasteiger partial charge is 0.477 e. The molecule has 0 unspecified atom stereocenters. The van der Waals surface area contributed by atoms with Crippen LogP contribution in [0.4, 0.5) is 39.5 Å². The average Bonchev–Trinajstić information content (AvgIpc) is 4.41. The number of nitrogens with one attached hydrogen (secondary N) is 3. The second-order valence-corrected chi connectivity index (χ2v) is 17.4. The highest BCUT2D eigenvalue weighted by Gasteiger charge is 2.33. The molecule has 0 amide bonds. The summed E-state index contributed by atoms with van der Waals surface area (Å²) in [5.41, 5.74) is 2.77. The summed E-state index contributed by atoms with van der Waals surface area (Å²) >= 11 is 0. The van der Waals surface area contributed by atoms with Crippen LogP contribution in [0.15, 0.2) is 177 Å². The van der Waals surface area contributed by atoms with Crippen LogP contribution in [0.5, 0.6) is 0 Å². The van der Waals surface area contributed by atoms with Gasteiger partial charge in [0.25, 0.3) is 0 Å². The number of esters is 2. The van der Waals surface area contributed by atoms with Crippen molar-refractivity contribution in [2.24, 2.45) is 0 Å². The molecule has 0 fully saturated rings. The summed E-state index contributed by atoms with van der Waals surface area (Å²) in [6, 6.07) is 33.0. The van der Waals surface area contributed by atoms with E-state index in [2.05, 4.69) is 49.3 Å². The summed E-state index contributed by atoms with van der Waals surface area (Å²) in [5, 5.41) is 17.4. The number of H-pyrrole nitrogens is 3. The fraction of sp³-hybridized carbons (Fsp3) is 0.0508. The van der Waals surface area contributed by atoms with Crippen LogP contribution in [0.1, 0.15) is 58.0 Å². The number of aromatic nitrogens is 10. The van der Waals surface area contributed by atoms with Crippen molar-refractivity contribution >= 4 is 30.2 Å². The number of carbonyl (C=O) groups excluding carboxylic acids is 3. The molecule has 0 atom stereocenters. The van der Waals surface area contributed by atoms with Crippen molar-refractivity contribution in [3.63, 3.8) is 0 Å². The van der Waals surface area contributed by atoms with E-state index in [0.717, 1.165) is 27.7 Å². The van der Waals surface area contributed by atoms with Crippen LogP contribution in [0, 0.1) is 34.9 Å². The quantitative estimate of drug-likeness (QED) is 0.0290. The van der Waals surface area contributed by atoms with Gasteiger partial charge in [-0.25, -0.2) is 79.8 Å². The molecule has 11 aromatic rings. The molecule has 0 aliphatic heterocycles. The van der Waals surface area contributed by atoms with E-state index < -0.39 is 41.6 Å². The lowest BCUT2D eigenvalue weighted by molar-refractivity contribution is -0.140. The average molecular weight is 1240 g/mol. The van der Waals surface area contributed by atoms with Crippen molar-refractivity contribution in [3.8, 4) is 56.9 Å². The Labute approximate surface area is 495 Å². The number of ether oxygens (including phenoxy) is 2. The monoisotopic (exact) mass is 1240 g/mol. The smallest absolute Gasteiger partial charge is 0.432 e. The Balaban J connectivity index is 0.000000172. The van der Waals surface area contributed by atoms with E-state index in [1.807, 2.05) is 0 Å². The van der Waals surface area contributed by atoms with Gasteiger partial charge in [0.05, 0.1) is 45.2 Å². The third-order valence-corrected chi connectivity index (χ3v) is 11.4. The molecule has 6 aromatic carbocycles. The number of aromatic amines is 3. The number of hydrogen-bond donors (Lipinski definition) is 7. The Kier molecular flexibility index (Phi) is 22.7. The number of rotatable bonds is 10. The van der Waals surface area contributed by atoms with Crippen LogP contribution in [0.2, 0.25) is 0 Å². The van der Waals surface area contributed by atoms with E-state index in [4.69, 9.17) is 21.9 Å². The molecule has 0 radical (unpaired) electrons. The van der Waals surface area contributed by atoms with Crippen molar-refractivity contribution in [2.75, 3.05) is 25.9 Å². The number of hydrogen-bond acceptors (Lipinski definition) is 14. The second-order valence-electron chi connectivity index (χ2n) is 17.4. The van der Waals surface area contributed by atoms with Crippen molar-refractivity contribution in [1.29, 1.82) is 0 Å². The molecule has 0 saturated heterocycles. The second kappa shape index (κ2) is 30.6. The highest BCUT2D eigenvalue weighted by Crippen LogP contribution is 2.29. The van der Waals surface area contributed by atoms with Gasteiger partial charge in [0, 0.05) is 33.4 Å². The predicted octanol–water partition coefficient (Wildman–Crippen LogP) is 11.1. The summed E-state index contributed by atoms with van der Waals surface area (Å²) in [6.07, 6.45) is 2.00. The SMILES string of the molecule is COC(=O)c1cnc(-c2ccc(F)cc2)[nH]1.COC(=O)c1cnc(-c2ccc(F)cc2)n1N.Fc1ccc(-c2ncc(C(F)(F)F)[nH]2)cc1.Nn1c(C(=O)O)cnc1-c1ccc(F)cc1.O=C(O)c1cnc(-c2ccc(F)cc2)[nH]1.O=Cc1ccc(F)cc1. The summed E-state index contributed by atoms with van der Waals surface area (Å²) in [5.74, 6) is 7.42. The number of halogens is 9. The highest BCUT2D eigenvalue weighted by atomic mass is 19.4. The number of aromatic carboxylic acids is 2. The van der Waals surface area contributed by atoms with Gasteiger partial charge in [-0.3, -0.25) is 4.79 Å².